The van der Waals surface area contributed by atoms with E-state index in [-0.39, 0.29) is 18.4 Å². The molecule has 3 rings (SSSR count). The molecular formula is C11H11ClN6S2. The lowest BCUT2D eigenvalue weighted by molar-refractivity contribution is 1.18. The number of thiazole rings is 1. The van der Waals surface area contributed by atoms with Gasteiger partial charge in [0.25, 0.3) is 0 Å². The first-order valence-corrected chi connectivity index (χ1v) is 7.13. The van der Waals surface area contributed by atoms with Crippen LogP contribution in [0.4, 0.5) is 0 Å². The van der Waals surface area contributed by atoms with Crippen molar-refractivity contribution in [2.45, 2.75) is 0 Å². The van der Waals surface area contributed by atoms with E-state index in [1.54, 1.807) is 28.9 Å². The third kappa shape index (κ3) is 2.67. The largest absolute Gasteiger partial charge is 0.369 e. The van der Waals surface area contributed by atoms with Gasteiger partial charge in [0.1, 0.15) is 5.69 Å². The predicted octanol–water partition coefficient (Wildman–Crippen LogP) is 2.15. The molecule has 0 aliphatic carbocycles. The van der Waals surface area contributed by atoms with Crippen LogP contribution in [0.25, 0.3) is 15.5 Å². The van der Waals surface area contributed by atoms with Gasteiger partial charge in [0, 0.05) is 11.6 Å². The Balaban J connectivity index is 0.00000147. The summed E-state index contributed by atoms with van der Waals surface area (Å²) in [7, 11) is 0. The molecule has 104 valence electrons. The highest BCUT2D eigenvalue weighted by atomic mass is 35.5. The van der Waals surface area contributed by atoms with Gasteiger partial charge in [0.15, 0.2) is 4.96 Å². The third-order valence-corrected chi connectivity index (χ3v) is 4.04. The molecule has 3 aromatic heterocycles. The molecule has 4 N–H and O–H groups in total. The summed E-state index contributed by atoms with van der Waals surface area (Å²) in [4.78, 5) is 6.60. The number of hydrogen-bond donors (Lipinski definition) is 2. The quantitative estimate of drug-likeness (QED) is 0.438. The van der Waals surface area contributed by atoms with Crippen LogP contribution >= 0.6 is 35.1 Å². The summed E-state index contributed by atoms with van der Waals surface area (Å²) < 4.78 is 1.96. The Morgan fingerprint density at radius 1 is 1.30 bits per heavy atom. The maximum atomic E-state index is 5.25. The molecule has 20 heavy (non-hydrogen) atoms. The molecule has 0 fully saturated rings. The topological polar surface area (TPSA) is 94.1 Å². The molecule has 0 bridgehead atoms. The Morgan fingerprint density at radius 3 is 2.85 bits per heavy atom. The Bertz CT molecular complexity index is 751. The van der Waals surface area contributed by atoms with Crippen LogP contribution in [0, 0.1) is 0 Å². The molecule has 0 unspecified atom stereocenters. The van der Waals surface area contributed by atoms with Gasteiger partial charge in [-0.15, -0.1) is 40.2 Å². The van der Waals surface area contributed by atoms with Gasteiger partial charge < -0.3 is 11.5 Å². The van der Waals surface area contributed by atoms with Crippen molar-refractivity contribution in [2.24, 2.45) is 21.7 Å². The lowest BCUT2D eigenvalue weighted by atomic mass is 10.3. The number of imidazole rings is 1. The second-order valence-electron chi connectivity index (χ2n) is 3.65. The number of fused-ring (bicyclic) bond motifs is 1. The Labute approximate surface area is 128 Å². The third-order valence-electron chi connectivity index (χ3n) is 2.41. The van der Waals surface area contributed by atoms with Gasteiger partial charge in [-0.2, -0.15) is 5.10 Å². The molecule has 0 aromatic carbocycles. The summed E-state index contributed by atoms with van der Waals surface area (Å²) in [5.74, 6) is -0.0694. The Hall–Kier alpha value is -1.90. The van der Waals surface area contributed by atoms with Gasteiger partial charge in [-0.1, -0.05) is 6.07 Å². The number of rotatable bonds is 3. The smallest absolute Gasteiger partial charge is 0.211 e. The molecule has 0 aliphatic heterocycles. The number of hydrogen-bond acceptors (Lipinski definition) is 5. The minimum atomic E-state index is -0.0694. The molecule has 9 heteroatoms. The molecule has 0 radical (unpaired) electrons. The fourth-order valence-corrected chi connectivity index (χ4v) is 3.12. The van der Waals surface area contributed by atoms with Crippen LogP contribution in [-0.4, -0.2) is 21.6 Å². The van der Waals surface area contributed by atoms with Gasteiger partial charge in [-0.3, -0.25) is 4.40 Å². The first-order valence-electron chi connectivity index (χ1n) is 5.37. The zero-order chi connectivity index (χ0) is 13.2. The van der Waals surface area contributed by atoms with Crippen LogP contribution in [0.2, 0.25) is 0 Å². The van der Waals surface area contributed by atoms with Crippen molar-refractivity contribution in [1.29, 1.82) is 0 Å². The standard InChI is InChI=1S/C11H10N6S2.ClH/c12-10(13)16-14-6-7-9(8-2-1-4-18-8)15-11-17(7)3-5-19-11;/h1-6H,(H4,12,13,16);1H/b14-6+;. The van der Waals surface area contributed by atoms with E-state index in [4.69, 9.17) is 11.5 Å². The summed E-state index contributed by atoms with van der Waals surface area (Å²) in [6, 6.07) is 4.01. The molecule has 6 nitrogen and oxygen atoms in total. The van der Waals surface area contributed by atoms with Crippen molar-refractivity contribution in [2.75, 3.05) is 0 Å². The maximum Gasteiger partial charge on any atom is 0.211 e. The second-order valence-corrected chi connectivity index (χ2v) is 5.47. The lowest BCUT2D eigenvalue weighted by Gasteiger charge is -1.94. The minimum Gasteiger partial charge on any atom is -0.369 e. The van der Waals surface area contributed by atoms with Crippen LogP contribution in [0.1, 0.15) is 5.69 Å². The molecule has 0 amide bonds. The zero-order valence-electron chi connectivity index (χ0n) is 10.1. The molecule has 0 spiro atoms. The molecule has 0 atom stereocenters. The number of thiophene rings is 1. The summed E-state index contributed by atoms with van der Waals surface area (Å²) in [5.41, 5.74) is 12.3. The minimum absolute atomic E-state index is 0. The van der Waals surface area contributed by atoms with E-state index < -0.39 is 0 Å². The Kier molecular flexibility index (Phi) is 4.38. The summed E-state index contributed by atoms with van der Waals surface area (Å²) >= 11 is 3.20. The number of aromatic nitrogens is 2. The lowest BCUT2D eigenvalue weighted by Crippen LogP contribution is -2.21. The summed E-state index contributed by atoms with van der Waals surface area (Å²) in [6.45, 7) is 0. The fraction of sp³-hybridized carbons (Fsp3) is 0. The Morgan fingerprint density at radius 2 is 2.15 bits per heavy atom. The van der Waals surface area contributed by atoms with E-state index in [0.29, 0.717) is 0 Å². The van der Waals surface area contributed by atoms with Crippen molar-refractivity contribution in [1.82, 2.24) is 9.38 Å². The van der Waals surface area contributed by atoms with Crippen LogP contribution in [0.5, 0.6) is 0 Å². The van der Waals surface area contributed by atoms with E-state index in [1.807, 2.05) is 33.5 Å². The molecule has 0 saturated carbocycles. The van der Waals surface area contributed by atoms with Crippen LogP contribution < -0.4 is 11.5 Å². The van der Waals surface area contributed by atoms with Gasteiger partial charge in [0.2, 0.25) is 5.96 Å². The van der Waals surface area contributed by atoms with E-state index in [2.05, 4.69) is 15.2 Å². The normalized spacial score (nSPS) is 10.8. The highest BCUT2D eigenvalue weighted by molar-refractivity contribution is 7.15. The van der Waals surface area contributed by atoms with Crippen LogP contribution in [0.15, 0.2) is 39.3 Å². The van der Waals surface area contributed by atoms with Gasteiger partial charge in [0.05, 0.1) is 16.8 Å². The molecule has 0 aliphatic rings. The fourth-order valence-electron chi connectivity index (χ4n) is 1.67. The average Bonchev–Trinajstić information content (AvgIpc) is 3.03. The van der Waals surface area contributed by atoms with Crippen molar-refractivity contribution < 1.29 is 0 Å². The van der Waals surface area contributed by atoms with Crippen molar-refractivity contribution >= 4 is 52.2 Å². The van der Waals surface area contributed by atoms with E-state index in [9.17, 15) is 0 Å². The van der Waals surface area contributed by atoms with Gasteiger partial charge in [-0.25, -0.2) is 4.98 Å². The maximum absolute atomic E-state index is 5.25. The molecule has 0 saturated heterocycles. The molecule has 3 heterocycles. The van der Waals surface area contributed by atoms with Crippen molar-refractivity contribution in [3.8, 4) is 10.6 Å². The van der Waals surface area contributed by atoms with E-state index in [0.717, 1.165) is 21.2 Å². The SMILES string of the molecule is Cl.NC(N)=N/N=C/c1c(-c2cccs2)nc2sccn12. The van der Waals surface area contributed by atoms with Crippen molar-refractivity contribution in [3.63, 3.8) is 0 Å². The second kappa shape index (κ2) is 6.04. The van der Waals surface area contributed by atoms with Gasteiger partial charge >= 0.3 is 0 Å². The number of nitrogens with zero attached hydrogens (tertiary/aromatic N) is 4. The summed E-state index contributed by atoms with van der Waals surface area (Å²) in [6.07, 6.45) is 3.56. The average molecular weight is 327 g/mol. The molecule has 3 aromatic rings. The van der Waals surface area contributed by atoms with Crippen molar-refractivity contribution in [3.05, 3.63) is 34.8 Å². The predicted molar refractivity (Wildman–Crippen MR) is 87.0 cm³/mol. The zero-order valence-corrected chi connectivity index (χ0v) is 12.6. The number of guanidine groups is 1. The highest BCUT2D eigenvalue weighted by Gasteiger charge is 2.13. The number of halogens is 1. The van der Waals surface area contributed by atoms with E-state index in [1.165, 1.54) is 0 Å². The van der Waals surface area contributed by atoms with Crippen LogP contribution in [0.3, 0.4) is 0 Å². The first-order chi connectivity index (χ1) is 9.25. The van der Waals surface area contributed by atoms with E-state index >= 15 is 0 Å². The number of nitrogens with two attached hydrogens (primary N) is 2. The van der Waals surface area contributed by atoms with Gasteiger partial charge in [-0.05, 0) is 11.4 Å². The first kappa shape index (κ1) is 14.5. The molecular weight excluding hydrogens is 316 g/mol. The van der Waals surface area contributed by atoms with Crippen LogP contribution in [-0.2, 0) is 0 Å². The highest BCUT2D eigenvalue weighted by Crippen LogP contribution is 2.28. The summed E-state index contributed by atoms with van der Waals surface area (Å²) in [5, 5.41) is 11.5. The monoisotopic (exact) mass is 326 g/mol.